The molecule has 0 aliphatic carbocycles. The van der Waals surface area contributed by atoms with Crippen LogP contribution in [0.1, 0.15) is 200 Å². The van der Waals surface area contributed by atoms with Crippen LogP contribution in [-0.2, 0) is 28.2 Å². The molecule has 288 valence electrons. The molecule has 0 radical (unpaired) electrons. The van der Waals surface area contributed by atoms with E-state index < -0.39 is 32.5 Å². The number of hydrogen-bond acceptors (Lipinski definition) is 6. The highest BCUT2D eigenvalue weighted by Crippen LogP contribution is 2.36. The normalized spacial score (nSPS) is 12.7. The van der Waals surface area contributed by atoms with Gasteiger partial charge in [-0.15, -0.1) is 0 Å². The Kier molecular flexibility index (Phi) is 35.2. The Labute approximate surface area is 300 Å². The van der Waals surface area contributed by atoms with Crippen molar-refractivity contribution in [2.24, 2.45) is 0 Å². The van der Waals surface area contributed by atoms with Crippen LogP contribution in [0.3, 0.4) is 0 Å². The molecule has 0 aliphatic heterocycles. The second kappa shape index (κ2) is 36.3. The van der Waals surface area contributed by atoms with E-state index in [0.29, 0.717) is 6.42 Å². The molecule has 1 atom stereocenters. The lowest BCUT2D eigenvalue weighted by atomic mass is 10.0. The number of esters is 2. The second-order valence-electron chi connectivity index (χ2n) is 13.6. The Morgan fingerprint density at radius 2 is 0.959 bits per heavy atom. The van der Waals surface area contributed by atoms with Crippen molar-refractivity contribution >= 4 is 19.8 Å². The Morgan fingerprint density at radius 3 is 1.43 bits per heavy atom. The number of hydrogen-bond donors (Lipinski definition) is 2. The van der Waals surface area contributed by atoms with E-state index in [1.54, 1.807) is 0 Å². The molecule has 0 aromatic carbocycles. The quantitative estimate of drug-likeness (QED) is 0.0282. The van der Waals surface area contributed by atoms with Crippen molar-refractivity contribution in [2.45, 2.75) is 206 Å². The molecule has 0 aromatic heterocycles. The van der Waals surface area contributed by atoms with Crippen molar-refractivity contribution in [3.63, 3.8) is 0 Å². The van der Waals surface area contributed by atoms with Crippen LogP contribution in [0.25, 0.3) is 0 Å². The number of ether oxygens (including phenoxy) is 2. The number of carbonyl (C=O) groups excluding carboxylic acids is 2. The van der Waals surface area contributed by atoms with Crippen molar-refractivity contribution in [3.8, 4) is 0 Å². The average molecular weight is 715 g/mol. The summed E-state index contributed by atoms with van der Waals surface area (Å²) in [6, 6.07) is 0. The maximum atomic E-state index is 12.4. The SMILES string of the molecule is CCC/C=C\C/C=C\CCCCCCCC(=O)OC(COC(=O)CCCCCCCCCCCCCCCCCCCC)COP(=O)(O)O. The van der Waals surface area contributed by atoms with Gasteiger partial charge in [-0.3, -0.25) is 14.1 Å². The molecule has 0 aromatic rings. The van der Waals surface area contributed by atoms with E-state index in [9.17, 15) is 14.2 Å². The molecule has 0 bridgehead atoms. The summed E-state index contributed by atoms with van der Waals surface area (Å²) in [5, 5.41) is 0. The van der Waals surface area contributed by atoms with Gasteiger partial charge in [0.1, 0.15) is 6.61 Å². The van der Waals surface area contributed by atoms with Crippen LogP contribution in [-0.4, -0.2) is 41.0 Å². The molecule has 8 nitrogen and oxygen atoms in total. The lowest BCUT2D eigenvalue weighted by Crippen LogP contribution is -2.29. The summed E-state index contributed by atoms with van der Waals surface area (Å²) in [7, 11) is -4.75. The third-order valence-electron chi connectivity index (χ3n) is 8.70. The number of phosphoric acid groups is 1. The fourth-order valence-corrected chi connectivity index (χ4v) is 6.07. The summed E-state index contributed by atoms with van der Waals surface area (Å²) in [6.07, 6.45) is 40.4. The second-order valence-corrected chi connectivity index (χ2v) is 14.9. The standard InChI is InChI=1S/C40H75O8P/c1-3-5-7-9-11-13-15-17-18-19-20-21-23-24-26-28-30-32-34-39(41)46-36-38(37-47-49(43,44)45)48-40(42)35-33-31-29-27-25-22-16-14-12-10-8-6-4-2/h8,10,14,16,38H,3-7,9,11-13,15,17-37H2,1-2H3,(H2,43,44,45)/b10-8-,16-14-. The number of rotatable bonds is 37. The Morgan fingerprint density at radius 1 is 0.531 bits per heavy atom. The maximum absolute atomic E-state index is 12.4. The number of carbonyl (C=O) groups is 2. The number of allylic oxidation sites excluding steroid dienone is 4. The molecule has 1 unspecified atom stereocenters. The molecule has 0 saturated carbocycles. The lowest BCUT2D eigenvalue weighted by Gasteiger charge is -2.18. The Balaban J connectivity index is 3.89. The smallest absolute Gasteiger partial charge is 0.462 e. The van der Waals surface area contributed by atoms with Crippen molar-refractivity contribution < 1.29 is 37.9 Å². The highest BCUT2D eigenvalue weighted by molar-refractivity contribution is 7.46. The van der Waals surface area contributed by atoms with Crippen molar-refractivity contribution in [3.05, 3.63) is 24.3 Å². The molecule has 0 fully saturated rings. The van der Waals surface area contributed by atoms with E-state index in [2.05, 4.69) is 42.7 Å². The summed E-state index contributed by atoms with van der Waals surface area (Å²) in [4.78, 5) is 42.7. The number of phosphoric ester groups is 1. The van der Waals surface area contributed by atoms with Gasteiger partial charge in [-0.25, -0.2) is 4.57 Å². The molecular formula is C40H75O8P. The summed E-state index contributed by atoms with van der Waals surface area (Å²) in [6.45, 7) is 3.62. The van der Waals surface area contributed by atoms with Crippen LogP contribution >= 0.6 is 7.82 Å². The van der Waals surface area contributed by atoms with Gasteiger partial charge in [0.15, 0.2) is 6.10 Å². The van der Waals surface area contributed by atoms with Gasteiger partial charge in [0.05, 0.1) is 6.61 Å². The molecular weight excluding hydrogens is 639 g/mol. The van der Waals surface area contributed by atoms with E-state index in [1.807, 2.05) is 0 Å². The minimum absolute atomic E-state index is 0.198. The van der Waals surface area contributed by atoms with E-state index in [1.165, 1.54) is 103 Å². The zero-order valence-corrected chi connectivity index (χ0v) is 32.5. The van der Waals surface area contributed by atoms with Gasteiger partial charge in [0, 0.05) is 12.8 Å². The molecule has 0 aliphatic rings. The fraction of sp³-hybridized carbons (Fsp3) is 0.850. The summed E-state index contributed by atoms with van der Waals surface area (Å²) < 4.78 is 26.3. The van der Waals surface area contributed by atoms with Gasteiger partial charge in [-0.05, 0) is 38.5 Å². The lowest BCUT2D eigenvalue weighted by molar-refractivity contribution is -0.161. The first-order chi connectivity index (χ1) is 23.8. The van der Waals surface area contributed by atoms with E-state index in [-0.39, 0.29) is 19.4 Å². The predicted octanol–water partition coefficient (Wildman–Crippen LogP) is 12.0. The number of unbranched alkanes of at least 4 members (excludes halogenated alkanes) is 23. The molecule has 9 heteroatoms. The van der Waals surface area contributed by atoms with Gasteiger partial charge in [0.25, 0.3) is 0 Å². The van der Waals surface area contributed by atoms with Crippen LogP contribution < -0.4 is 0 Å². The van der Waals surface area contributed by atoms with Gasteiger partial charge < -0.3 is 19.3 Å². The molecule has 0 rings (SSSR count). The van der Waals surface area contributed by atoms with Crippen LogP contribution in [0.5, 0.6) is 0 Å². The minimum Gasteiger partial charge on any atom is -0.462 e. The average Bonchev–Trinajstić information content (AvgIpc) is 3.07. The molecule has 0 spiro atoms. The Bertz CT molecular complexity index is 853. The largest absolute Gasteiger partial charge is 0.469 e. The first kappa shape index (κ1) is 47.5. The minimum atomic E-state index is -4.75. The first-order valence-corrected chi connectivity index (χ1v) is 21.7. The zero-order chi connectivity index (χ0) is 36.1. The van der Waals surface area contributed by atoms with E-state index >= 15 is 0 Å². The molecule has 0 saturated heterocycles. The summed E-state index contributed by atoms with van der Waals surface area (Å²) >= 11 is 0. The van der Waals surface area contributed by atoms with Crippen LogP contribution in [0, 0.1) is 0 Å². The van der Waals surface area contributed by atoms with Gasteiger partial charge in [0.2, 0.25) is 0 Å². The first-order valence-electron chi connectivity index (χ1n) is 20.1. The van der Waals surface area contributed by atoms with Crippen LogP contribution in [0.4, 0.5) is 0 Å². The van der Waals surface area contributed by atoms with Gasteiger partial charge in [-0.1, -0.05) is 173 Å². The van der Waals surface area contributed by atoms with E-state index in [4.69, 9.17) is 19.3 Å². The zero-order valence-electron chi connectivity index (χ0n) is 31.6. The van der Waals surface area contributed by atoms with E-state index in [0.717, 1.165) is 64.2 Å². The Hall–Kier alpha value is -1.47. The monoisotopic (exact) mass is 715 g/mol. The third kappa shape index (κ3) is 39.2. The summed E-state index contributed by atoms with van der Waals surface area (Å²) in [5.74, 6) is -0.894. The molecule has 49 heavy (non-hydrogen) atoms. The molecule has 2 N–H and O–H groups in total. The van der Waals surface area contributed by atoms with Crippen molar-refractivity contribution in [1.29, 1.82) is 0 Å². The topological polar surface area (TPSA) is 119 Å². The van der Waals surface area contributed by atoms with Crippen LogP contribution in [0.15, 0.2) is 24.3 Å². The third-order valence-corrected chi connectivity index (χ3v) is 9.19. The van der Waals surface area contributed by atoms with Crippen molar-refractivity contribution in [1.82, 2.24) is 0 Å². The van der Waals surface area contributed by atoms with Gasteiger partial charge >= 0.3 is 19.8 Å². The predicted molar refractivity (Wildman–Crippen MR) is 202 cm³/mol. The molecule has 0 amide bonds. The fourth-order valence-electron chi connectivity index (χ4n) is 5.71. The summed E-state index contributed by atoms with van der Waals surface area (Å²) in [5.41, 5.74) is 0. The van der Waals surface area contributed by atoms with Gasteiger partial charge in [-0.2, -0.15) is 0 Å². The van der Waals surface area contributed by atoms with Crippen molar-refractivity contribution in [2.75, 3.05) is 13.2 Å². The highest BCUT2D eigenvalue weighted by Gasteiger charge is 2.22. The maximum Gasteiger partial charge on any atom is 0.469 e. The van der Waals surface area contributed by atoms with Crippen LogP contribution in [0.2, 0.25) is 0 Å². The highest BCUT2D eigenvalue weighted by atomic mass is 31.2. The molecule has 0 heterocycles.